The molecule has 0 saturated carbocycles. The highest BCUT2D eigenvalue weighted by Crippen LogP contribution is 2.22. The Balaban J connectivity index is 1.58. The molecule has 8 heteroatoms. The molecule has 0 spiro atoms. The van der Waals surface area contributed by atoms with E-state index >= 15 is 0 Å². The fourth-order valence-electron chi connectivity index (χ4n) is 2.78. The van der Waals surface area contributed by atoms with Crippen LogP contribution in [-0.2, 0) is 11.2 Å². The first-order valence-corrected chi connectivity index (χ1v) is 8.79. The van der Waals surface area contributed by atoms with Crippen LogP contribution in [-0.4, -0.2) is 54.0 Å². The maximum Gasteiger partial charge on any atom is 0.227 e. The Morgan fingerprint density at radius 1 is 1.16 bits per heavy atom. The summed E-state index contributed by atoms with van der Waals surface area (Å²) >= 11 is 12.1. The van der Waals surface area contributed by atoms with Gasteiger partial charge in [-0.15, -0.1) is 0 Å². The Labute approximate surface area is 156 Å². The summed E-state index contributed by atoms with van der Waals surface area (Å²) < 4.78 is 0. The van der Waals surface area contributed by atoms with Crippen molar-refractivity contribution >= 4 is 40.7 Å². The lowest BCUT2D eigenvalue weighted by Crippen LogP contribution is -2.49. The number of carbonyl (C=O) groups excluding carboxylic acids is 1. The van der Waals surface area contributed by atoms with E-state index in [0.29, 0.717) is 23.1 Å². The molecule has 3 rings (SSSR count). The summed E-state index contributed by atoms with van der Waals surface area (Å²) in [6.07, 6.45) is 1.83. The molecule has 1 aliphatic rings. The van der Waals surface area contributed by atoms with Gasteiger partial charge in [0, 0.05) is 49.3 Å². The molecular weight excluding hydrogens is 361 g/mol. The third-order valence-electron chi connectivity index (χ3n) is 4.22. The second kappa shape index (κ2) is 7.89. The third kappa shape index (κ3) is 4.32. The summed E-state index contributed by atoms with van der Waals surface area (Å²) in [5.74, 6) is 1.72. The van der Waals surface area contributed by atoms with Crippen LogP contribution in [0.4, 0.5) is 11.6 Å². The van der Waals surface area contributed by atoms with Gasteiger partial charge < -0.3 is 15.1 Å². The molecule has 1 N–H and O–H groups in total. The van der Waals surface area contributed by atoms with Gasteiger partial charge in [0.05, 0.1) is 6.42 Å². The number of nitrogens with one attached hydrogen (secondary N) is 1. The van der Waals surface area contributed by atoms with E-state index in [0.717, 1.165) is 30.3 Å². The van der Waals surface area contributed by atoms with Gasteiger partial charge in [0.1, 0.15) is 18.0 Å². The number of hydrogen-bond acceptors (Lipinski definition) is 5. The standard InChI is InChI=1S/C17H19Cl2N5O/c1-20-15-10-16(22-11-21-15)23-4-6-24(7-5-23)17(25)8-12-2-3-13(18)9-14(12)19/h2-3,9-11H,4-8H2,1H3,(H,20,21,22). The Morgan fingerprint density at radius 2 is 1.92 bits per heavy atom. The van der Waals surface area contributed by atoms with Crippen molar-refractivity contribution in [3.63, 3.8) is 0 Å². The van der Waals surface area contributed by atoms with Crippen molar-refractivity contribution in [1.82, 2.24) is 14.9 Å². The lowest BCUT2D eigenvalue weighted by atomic mass is 10.1. The monoisotopic (exact) mass is 379 g/mol. The maximum atomic E-state index is 12.5. The van der Waals surface area contributed by atoms with Crippen molar-refractivity contribution in [3.8, 4) is 0 Å². The van der Waals surface area contributed by atoms with E-state index in [1.54, 1.807) is 24.5 Å². The number of hydrogen-bond donors (Lipinski definition) is 1. The van der Waals surface area contributed by atoms with Crippen molar-refractivity contribution in [2.75, 3.05) is 43.4 Å². The Morgan fingerprint density at radius 3 is 2.60 bits per heavy atom. The SMILES string of the molecule is CNc1cc(N2CCN(C(=O)Cc3ccc(Cl)cc3Cl)CC2)ncn1. The summed E-state index contributed by atoms with van der Waals surface area (Å²) in [4.78, 5) is 25.0. The molecule has 1 aliphatic heterocycles. The molecule has 6 nitrogen and oxygen atoms in total. The van der Waals surface area contributed by atoms with Crippen molar-refractivity contribution in [1.29, 1.82) is 0 Å². The average molecular weight is 380 g/mol. The maximum absolute atomic E-state index is 12.5. The van der Waals surface area contributed by atoms with Gasteiger partial charge in [-0.05, 0) is 17.7 Å². The lowest BCUT2D eigenvalue weighted by Gasteiger charge is -2.35. The van der Waals surface area contributed by atoms with Gasteiger partial charge in [-0.3, -0.25) is 4.79 Å². The zero-order valence-corrected chi connectivity index (χ0v) is 15.4. The molecule has 1 aromatic heterocycles. The number of carbonyl (C=O) groups is 1. The molecule has 1 saturated heterocycles. The van der Waals surface area contributed by atoms with Gasteiger partial charge in [0.15, 0.2) is 0 Å². The van der Waals surface area contributed by atoms with Crippen LogP contribution in [0.25, 0.3) is 0 Å². The Kier molecular flexibility index (Phi) is 5.60. The minimum Gasteiger partial charge on any atom is -0.373 e. The first kappa shape index (κ1) is 17.8. The minimum atomic E-state index is 0.0717. The van der Waals surface area contributed by atoms with Crippen LogP contribution in [0.2, 0.25) is 10.0 Å². The van der Waals surface area contributed by atoms with Crippen LogP contribution in [0.5, 0.6) is 0 Å². The predicted molar refractivity (Wildman–Crippen MR) is 101 cm³/mol. The van der Waals surface area contributed by atoms with Crippen LogP contribution < -0.4 is 10.2 Å². The highest BCUT2D eigenvalue weighted by Gasteiger charge is 2.22. The van der Waals surface area contributed by atoms with Crippen molar-refractivity contribution in [3.05, 3.63) is 46.2 Å². The number of piperazine rings is 1. The summed E-state index contributed by atoms with van der Waals surface area (Å²) in [7, 11) is 1.82. The van der Waals surface area contributed by atoms with Crippen molar-refractivity contribution < 1.29 is 4.79 Å². The highest BCUT2D eigenvalue weighted by molar-refractivity contribution is 6.35. The first-order chi connectivity index (χ1) is 12.1. The molecule has 25 heavy (non-hydrogen) atoms. The topological polar surface area (TPSA) is 61.4 Å². The van der Waals surface area contributed by atoms with Crippen LogP contribution >= 0.6 is 23.2 Å². The van der Waals surface area contributed by atoms with Gasteiger partial charge >= 0.3 is 0 Å². The Hall–Kier alpha value is -2.05. The van der Waals surface area contributed by atoms with E-state index in [1.165, 1.54) is 0 Å². The van der Waals surface area contributed by atoms with E-state index < -0.39 is 0 Å². The molecule has 1 aromatic carbocycles. The molecule has 0 bridgehead atoms. The molecule has 2 aromatic rings. The van der Waals surface area contributed by atoms with Gasteiger partial charge in [-0.25, -0.2) is 9.97 Å². The van der Waals surface area contributed by atoms with E-state index in [-0.39, 0.29) is 12.3 Å². The van der Waals surface area contributed by atoms with Crippen LogP contribution in [0.15, 0.2) is 30.6 Å². The van der Waals surface area contributed by atoms with Gasteiger partial charge in [0.2, 0.25) is 5.91 Å². The second-order valence-electron chi connectivity index (χ2n) is 5.79. The van der Waals surface area contributed by atoms with E-state index in [4.69, 9.17) is 23.2 Å². The minimum absolute atomic E-state index is 0.0717. The van der Waals surface area contributed by atoms with E-state index in [9.17, 15) is 4.79 Å². The predicted octanol–water partition coefficient (Wildman–Crippen LogP) is 2.72. The fraction of sp³-hybridized carbons (Fsp3) is 0.353. The third-order valence-corrected chi connectivity index (χ3v) is 4.81. The molecular formula is C17H19Cl2N5O. The number of amides is 1. The van der Waals surface area contributed by atoms with Gasteiger partial charge in [-0.2, -0.15) is 0 Å². The van der Waals surface area contributed by atoms with Crippen molar-refractivity contribution in [2.45, 2.75) is 6.42 Å². The number of aromatic nitrogens is 2. The largest absolute Gasteiger partial charge is 0.373 e. The fourth-order valence-corrected chi connectivity index (χ4v) is 3.26. The summed E-state index contributed by atoms with van der Waals surface area (Å²) in [6.45, 7) is 2.78. The van der Waals surface area contributed by atoms with Crippen LogP contribution in [0.1, 0.15) is 5.56 Å². The molecule has 132 valence electrons. The normalized spacial score (nSPS) is 14.5. The molecule has 2 heterocycles. The molecule has 0 aliphatic carbocycles. The summed E-state index contributed by atoms with van der Waals surface area (Å²) in [6, 6.07) is 7.13. The molecule has 0 unspecified atom stereocenters. The second-order valence-corrected chi connectivity index (χ2v) is 6.64. The highest BCUT2D eigenvalue weighted by atomic mass is 35.5. The van der Waals surface area contributed by atoms with Crippen LogP contribution in [0.3, 0.4) is 0 Å². The summed E-state index contributed by atoms with van der Waals surface area (Å²) in [5.41, 5.74) is 0.799. The van der Waals surface area contributed by atoms with Crippen LogP contribution in [0, 0.1) is 0 Å². The Bertz CT molecular complexity index is 762. The number of nitrogens with zero attached hydrogens (tertiary/aromatic N) is 4. The van der Waals surface area contributed by atoms with Gasteiger partial charge in [0.25, 0.3) is 0 Å². The zero-order chi connectivity index (χ0) is 17.8. The number of benzene rings is 1. The number of halogens is 2. The molecule has 1 fully saturated rings. The molecule has 0 atom stereocenters. The first-order valence-electron chi connectivity index (χ1n) is 8.03. The number of anilines is 2. The lowest BCUT2D eigenvalue weighted by molar-refractivity contribution is -0.130. The van der Waals surface area contributed by atoms with Crippen molar-refractivity contribution in [2.24, 2.45) is 0 Å². The van der Waals surface area contributed by atoms with Gasteiger partial charge in [-0.1, -0.05) is 29.3 Å². The average Bonchev–Trinajstić information content (AvgIpc) is 2.64. The quantitative estimate of drug-likeness (QED) is 0.884. The molecule has 0 radical (unpaired) electrons. The molecule has 1 amide bonds. The summed E-state index contributed by atoms with van der Waals surface area (Å²) in [5, 5.41) is 4.10. The van der Waals surface area contributed by atoms with E-state index in [2.05, 4.69) is 20.2 Å². The smallest absolute Gasteiger partial charge is 0.227 e. The number of rotatable bonds is 4. The zero-order valence-electron chi connectivity index (χ0n) is 13.9. The van der Waals surface area contributed by atoms with E-state index in [1.807, 2.05) is 18.0 Å².